The molecule has 67 heavy (non-hydrogen) atoms. The van der Waals surface area contributed by atoms with Crippen LogP contribution < -0.4 is 0 Å². The third-order valence-electron chi connectivity index (χ3n) is 14.1. The molecule has 3 N–H and O–H groups in total. The van der Waals surface area contributed by atoms with E-state index in [0.29, 0.717) is 45.5 Å². The van der Waals surface area contributed by atoms with E-state index in [1.807, 2.05) is 110 Å². The van der Waals surface area contributed by atoms with E-state index in [1.165, 1.54) is 0 Å². The zero-order valence-electron chi connectivity index (χ0n) is 39.7. The molecule has 0 spiro atoms. The number of carbonyl (C=O) groups excluding carboxylic acids is 1. The van der Waals surface area contributed by atoms with E-state index in [1.54, 1.807) is 6.92 Å². The van der Waals surface area contributed by atoms with Crippen molar-refractivity contribution in [2.24, 2.45) is 23.7 Å². The lowest BCUT2D eigenvalue weighted by atomic mass is 9.76. The molecule has 0 amide bonds. The Morgan fingerprint density at radius 1 is 0.657 bits per heavy atom. The molecule has 0 radical (unpaired) electrons. The number of carbonyl (C=O) groups is 1. The molecule has 0 bridgehead atoms. The maximum Gasteiger partial charge on any atom is 0.164 e. The summed E-state index contributed by atoms with van der Waals surface area (Å²) in [5.41, 5.74) is 3.99. The third-order valence-corrected chi connectivity index (χ3v) is 14.1. The second-order valence-corrected chi connectivity index (χ2v) is 19.1. The minimum absolute atomic E-state index is 0.0185. The molecule has 10 nitrogen and oxygen atoms in total. The lowest BCUT2D eigenvalue weighted by Crippen LogP contribution is -2.57. The monoisotopic (exact) mass is 917 g/mol. The Morgan fingerprint density at radius 3 is 1.87 bits per heavy atom. The van der Waals surface area contributed by atoms with Crippen LogP contribution in [0, 0.1) is 23.7 Å². The third kappa shape index (κ3) is 14.1. The van der Waals surface area contributed by atoms with Crippen molar-refractivity contribution in [3.63, 3.8) is 0 Å². The first-order chi connectivity index (χ1) is 32.6. The van der Waals surface area contributed by atoms with E-state index in [9.17, 15) is 20.1 Å². The highest BCUT2D eigenvalue weighted by Crippen LogP contribution is 2.38. The Morgan fingerprint density at radius 2 is 1.22 bits per heavy atom. The number of benzene rings is 5. The minimum atomic E-state index is -1.49. The van der Waals surface area contributed by atoms with Gasteiger partial charge in [-0.1, -0.05) is 155 Å². The highest BCUT2D eigenvalue weighted by Gasteiger charge is 2.48. The van der Waals surface area contributed by atoms with Crippen LogP contribution in [0.3, 0.4) is 0 Å². The molecule has 0 saturated carbocycles. The molecule has 0 aliphatic carbocycles. The van der Waals surface area contributed by atoms with Gasteiger partial charge >= 0.3 is 0 Å². The van der Waals surface area contributed by atoms with E-state index in [0.717, 1.165) is 33.0 Å². The van der Waals surface area contributed by atoms with Crippen LogP contribution in [-0.2, 0) is 59.6 Å². The smallest absolute Gasteiger partial charge is 0.164 e. The number of hydrogen-bond acceptors (Lipinski definition) is 10. The fraction of sp³-hybridized carbons (Fsp3) is 0.491. The summed E-state index contributed by atoms with van der Waals surface area (Å²) < 4.78 is 40.3. The number of rotatable bonds is 22. The summed E-state index contributed by atoms with van der Waals surface area (Å²) in [6.07, 6.45) is -4.26. The number of ether oxygens (including phenoxy) is 6. The average molecular weight is 917 g/mol. The Labute approximate surface area is 397 Å². The predicted molar refractivity (Wildman–Crippen MR) is 260 cm³/mol. The number of fused-ring (bicyclic) bond motifs is 1. The van der Waals surface area contributed by atoms with Crippen LogP contribution >= 0.6 is 0 Å². The molecule has 5 aromatic rings. The molecule has 7 rings (SSSR count). The van der Waals surface area contributed by atoms with Gasteiger partial charge in [0, 0.05) is 18.9 Å². The predicted octanol–water partition coefficient (Wildman–Crippen LogP) is 9.43. The van der Waals surface area contributed by atoms with Gasteiger partial charge in [-0.2, -0.15) is 0 Å². The van der Waals surface area contributed by atoms with Crippen molar-refractivity contribution in [1.82, 2.24) is 0 Å². The fourth-order valence-electron chi connectivity index (χ4n) is 9.80. The normalized spacial score (nSPS) is 27.1. The largest absolute Gasteiger partial charge is 0.396 e. The number of hydrogen-bond donors (Lipinski definition) is 3. The minimum Gasteiger partial charge on any atom is -0.396 e. The lowest BCUT2D eigenvalue weighted by Gasteiger charge is -2.47. The van der Waals surface area contributed by atoms with Crippen LogP contribution in [-0.4, -0.2) is 89.3 Å². The SMILES string of the molecule is C[C@H]1C[C@H](OCc2ccc3ccccc3c2)[C@@H](CC(=O)C(O)[C@@H](C)[C@H](OCc2ccccc2)[C@@H]2O[C@H](CCCO)[C@@H](C)[C@H](C)[C@H]2O)O[C@@H](COCc2ccccc2)[C@H](OCc2ccccc2)C1. The van der Waals surface area contributed by atoms with Crippen molar-refractivity contribution in [1.29, 1.82) is 0 Å². The van der Waals surface area contributed by atoms with E-state index in [4.69, 9.17) is 28.4 Å². The van der Waals surface area contributed by atoms with Crippen molar-refractivity contribution < 1.29 is 48.5 Å². The summed E-state index contributed by atoms with van der Waals surface area (Å²) in [6, 6.07) is 44.3. The van der Waals surface area contributed by atoms with Crippen molar-refractivity contribution in [2.45, 2.75) is 141 Å². The van der Waals surface area contributed by atoms with Crippen molar-refractivity contribution in [3.05, 3.63) is 156 Å². The van der Waals surface area contributed by atoms with Crippen LogP contribution in [0.2, 0.25) is 0 Å². The zero-order valence-corrected chi connectivity index (χ0v) is 39.7. The summed E-state index contributed by atoms with van der Waals surface area (Å²) in [5.74, 6) is -1.23. The maximum absolute atomic E-state index is 14.8. The van der Waals surface area contributed by atoms with Gasteiger partial charge in [0.05, 0.1) is 69.7 Å². The molecular formula is C57H72O10. The van der Waals surface area contributed by atoms with Gasteiger partial charge < -0.3 is 43.7 Å². The van der Waals surface area contributed by atoms with Crippen molar-refractivity contribution in [2.75, 3.05) is 13.2 Å². The lowest BCUT2D eigenvalue weighted by molar-refractivity contribution is -0.227. The Kier molecular flexibility index (Phi) is 19.1. The Balaban J connectivity index is 1.16. The van der Waals surface area contributed by atoms with Crippen LogP contribution in [0.25, 0.3) is 10.8 Å². The molecule has 2 saturated heterocycles. The number of aliphatic hydroxyl groups excluding tert-OH is 3. The first-order valence-electron chi connectivity index (χ1n) is 24.4. The molecular weight excluding hydrogens is 845 g/mol. The summed E-state index contributed by atoms with van der Waals surface area (Å²) in [4.78, 5) is 14.8. The first kappa shape index (κ1) is 50.5. The van der Waals surface area contributed by atoms with Crippen molar-refractivity contribution in [3.8, 4) is 0 Å². The molecule has 1 unspecified atom stereocenters. The summed E-state index contributed by atoms with van der Waals surface area (Å²) >= 11 is 0. The van der Waals surface area contributed by atoms with Crippen LogP contribution in [0.4, 0.5) is 0 Å². The summed E-state index contributed by atoms with van der Waals surface area (Å²) in [6.45, 7) is 9.53. The Bertz CT molecular complexity index is 2210. The number of aliphatic hydroxyl groups is 3. The molecule has 5 aromatic carbocycles. The number of ketones is 1. The van der Waals surface area contributed by atoms with Crippen LogP contribution in [0.5, 0.6) is 0 Å². The highest BCUT2D eigenvalue weighted by molar-refractivity contribution is 5.84. The fourth-order valence-corrected chi connectivity index (χ4v) is 9.80. The van der Waals surface area contributed by atoms with Gasteiger partial charge in [0.15, 0.2) is 5.78 Å². The maximum atomic E-state index is 14.8. The van der Waals surface area contributed by atoms with Gasteiger partial charge in [-0.05, 0) is 82.5 Å². The van der Waals surface area contributed by atoms with Crippen LogP contribution in [0.15, 0.2) is 133 Å². The molecule has 2 aliphatic heterocycles. The van der Waals surface area contributed by atoms with Gasteiger partial charge in [0.2, 0.25) is 0 Å². The van der Waals surface area contributed by atoms with Crippen molar-refractivity contribution >= 4 is 16.6 Å². The molecule has 2 aliphatic rings. The molecule has 13 atom stereocenters. The quantitative estimate of drug-likeness (QED) is 0.0617. The van der Waals surface area contributed by atoms with E-state index < -0.39 is 54.4 Å². The summed E-state index contributed by atoms with van der Waals surface area (Å²) in [5, 5.41) is 36.0. The second-order valence-electron chi connectivity index (χ2n) is 19.1. The highest BCUT2D eigenvalue weighted by atomic mass is 16.6. The van der Waals surface area contributed by atoms with E-state index in [2.05, 4.69) is 44.2 Å². The molecule has 360 valence electrons. The molecule has 0 aromatic heterocycles. The standard InChI is InChI=1S/C57H72O10/c1-38-29-50(64-36-45-26-27-46-23-14-15-24-47(46)31-45)52(66-53(37-62-33-42-17-8-5-9-18-42)51(30-38)63-34-43-19-10-6-11-20-43)32-48(59)54(60)41(4)56(65-35-44-21-12-7-13-22-44)57-55(61)40(3)39(2)49(67-57)25-16-28-58/h5-15,17-24,26-27,31,38-41,49-58,60-61H,16,25,28-30,32-37H2,1-4H3/t38-,39-,40-,41+,49+,50-,51+,52+,53-,54?,55+,56-,57+/m0/s1. The molecule has 2 fully saturated rings. The van der Waals surface area contributed by atoms with Crippen LogP contribution in [0.1, 0.15) is 82.1 Å². The summed E-state index contributed by atoms with van der Waals surface area (Å²) in [7, 11) is 0. The van der Waals surface area contributed by atoms with Gasteiger partial charge in [0.1, 0.15) is 18.3 Å². The topological polar surface area (TPSA) is 133 Å². The van der Waals surface area contributed by atoms with Gasteiger partial charge in [-0.25, -0.2) is 0 Å². The van der Waals surface area contributed by atoms with E-state index in [-0.39, 0.29) is 56.2 Å². The Hall–Kier alpha value is -4.33. The number of Topliss-reactive ketones (excluding diaryl/α,β-unsaturated/α-hetero) is 1. The first-order valence-corrected chi connectivity index (χ1v) is 24.4. The van der Waals surface area contributed by atoms with Gasteiger partial charge in [0.25, 0.3) is 0 Å². The molecule has 10 heteroatoms. The second kappa shape index (κ2) is 25.3. The zero-order chi connectivity index (χ0) is 47.1. The van der Waals surface area contributed by atoms with Gasteiger partial charge in [-0.15, -0.1) is 0 Å². The molecule has 2 heterocycles. The van der Waals surface area contributed by atoms with Gasteiger partial charge in [-0.3, -0.25) is 4.79 Å². The average Bonchev–Trinajstić information content (AvgIpc) is 3.35. The van der Waals surface area contributed by atoms with E-state index >= 15 is 0 Å².